The van der Waals surface area contributed by atoms with Gasteiger partial charge in [0.2, 0.25) is 0 Å². The molecule has 0 radical (unpaired) electrons. The van der Waals surface area contributed by atoms with Crippen molar-refractivity contribution in [2.45, 2.75) is 20.8 Å². The highest BCUT2D eigenvalue weighted by molar-refractivity contribution is 7.21. The molecule has 0 spiro atoms. The molecule has 0 atom stereocenters. The van der Waals surface area contributed by atoms with Gasteiger partial charge in [-0.1, -0.05) is 12.1 Å². The van der Waals surface area contributed by atoms with Crippen LogP contribution in [0, 0.1) is 26.6 Å². The van der Waals surface area contributed by atoms with Crippen LogP contribution in [-0.4, -0.2) is 9.97 Å². The molecule has 0 N–H and O–H groups in total. The van der Waals surface area contributed by atoms with Gasteiger partial charge >= 0.3 is 0 Å². The third-order valence-corrected chi connectivity index (χ3v) is 6.36. The molecule has 0 amide bonds. The predicted molar refractivity (Wildman–Crippen MR) is 108 cm³/mol. The lowest BCUT2D eigenvalue weighted by atomic mass is 10.0. The van der Waals surface area contributed by atoms with Gasteiger partial charge in [0.05, 0.1) is 11.4 Å². The molecule has 0 fully saturated rings. The zero-order valence-electron chi connectivity index (χ0n) is 14.7. The molecular formula is C21H17FN2S2. The summed E-state index contributed by atoms with van der Waals surface area (Å²) in [6, 6.07) is 12.9. The second-order valence-electron chi connectivity index (χ2n) is 6.27. The van der Waals surface area contributed by atoms with Gasteiger partial charge in [-0.2, -0.15) is 0 Å². The molecule has 5 heteroatoms. The molecule has 0 saturated heterocycles. The van der Waals surface area contributed by atoms with E-state index in [-0.39, 0.29) is 5.82 Å². The second kappa shape index (κ2) is 6.74. The van der Waals surface area contributed by atoms with Crippen molar-refractivity contribution < 1.29 is 4.39 Å². The average molecular weight is 381 g/mol. The number of aromatic nitrogens is 2. The van der Waals surface area contributed by atoms with E-state index in [2.05, 4.69) is 39.0 Å². The van der Waals surface area contributed by atoms with E-state index >= 15 is 0 Å². The van der Waals surface area contributed by atoms with Gasteiger partial charge in [-0.05, 0) is 62.2 Å². The summed E-state index contributed by atoms with van der Waals surface area (Å²) in [5.74, 6) is -0.238. The van der Waals surface area contributed by atoms with Gasteiger partial charge in [0.25, 0.3) is 0 Å². The Kier molecular flexibility index (Phi) is 4.42. The molecule has 0 aliphatic rings. The van der Waals surface area contributed by atoms with Crippen molar-refractivity contribution in [3.63, 3.8) is 0 Å². The van der Waals surface area contributed by atoms with Crippen LogP contribution in [0.25, 0.3) is 32.5 Å². The van der Waals surface area contributed by atoms with Gasteiger partial charge in [-0.25, -0.2) is 14.4 Å². The third kappa shape index (κ3) is 3.20. The Morgan fingerprint density at radius 1 is 0.808 bits per heavy atom. The highest BCUT2D eigenvalue weighted by atomic mass is 32.1. The monoisotopic (exact) mass is 380 g/mol. The number of halogens is 1. The molecule has 4 rings (SSSR count). The van der Waals surface area contributed by atoms with Gasteiger partial charge in [0.15, 0.2) is 10.0 Å². The topological polar surface area (TPSA) is 25.8 Å². The van der Waals surface area contributed by atoms with Crippen molar-refractivity contribution in [3.8, 4) is 32.5 Å². The Morgan fingerprint density at radius 3 is 2.27 bits per heavy atom. The lowest BCUT2D eigenvalue weighted by Crippen LogP contribution is -1.85. The Labute approximate surface area is 160 Å². The number of benzene rings is 2. The number of hydrogen-bond donors (Lipinski definition) is 0. The molecular weight excluding hydrogens is 363 g/mol. The quantitative estimate of drug-likeness (QED) is 0.397. The summed E-state index contributed by atoms with van der Waals surface area (Å²) in [4.78, 5) is 10.7. The van der Waals surface area contributed by atoms with Crippen LogP contribution in [0.3, 0.4) is 0 Å². The number of aryl methyl sites for hydroxylation is 3. The van der Waals surface area contributed by atoms with E-state index in [4.69, 9.17) is 9.97 Å². The average Bonchev–Trinajstić information content (AvgIpc) is 3.25. The van der Waals surface area contributed by atoms with Gasteiger partial charge in [-0.15, -0.1) is 22.7 Å². The highest BCUT2D eigenvalue weighted by Crippen LogP contribution is 2.36. The zero-order valence-corrected chi connectivity index (χ0v) is 16.3. The van der Waals surface area contributed by atoms with Crippen LogP contribution in [-0.2, 0) is 0 Å². The van der Waals surface area contributed by atoms with Crippen LogP contribution >= 0.6 is 22.7 Å². The Morgan fingerprint density at radius 2 is 1.54 bits per heavy atom. The molecule has 0 unspecified atom stereocenters. The van der Waals surface area contributed by atoms with E-state index < -0.39 is 0 Å². The lowest BCUT2D eigenvalue weighted by molar-refractivity contribution is 0.628. The number of thiazole rings is 2. The van der Waals surface area contributed by atoms with Crippen LogP contribution in [0.2, 0.25) is 0 Å². The van der Waals surface area contributed by atoms with Gasteiger partial charge in [0, 0.05) is 21.4 Å². The number of hydrogen-bond acceptors (Lipinski definition) is 4. The molecule has 0 aliphatic carbocycles. The minimum absolute atomic E-state index is 0.238. The highest BCUT2D eigenvalue weighted by Gasteiger charge is 2.15. The molecule has 2 heterocycles. The Hall–Kier alpha value is -2.37. The van der Waals surface area contributed by atoms with Gasteiger partial charge < -0.3 is 0 Å². The van der Waals surface area contributed by atoms with Crippen LogP contribution in [0.1, 0.15) is 16.0 Å². The van der Waals surface area contributed by atoms with E-state index in [1.165, 1.54) is 28.1 Å². The molecule has 2 aromatic carbocycles. The van der Waals surface area contributed by atoms with Crippen molar-refractivity contribution in [2.75, 3.05) is 0 Å². The standard InChI is InChI=1S/C21H17FN2S2/c1-12-4-5-16(10-13(12)2)19-14(3)26-21(24-19)20-23-18(11-25-20)15-6-8-17(22)9-7-15/h4-11H,1-3H3. The summed E-state index contributed by atoms with van der Waals surface area (Å²) in [5.41, 5.74) is 6.48. The van der Waals surface area contributed by atoms with Crippen LogP contribution in [0.5, 0.6) is 0 Å². The van der Waals surface area contributed by atoms with Gasteiger partial charge in [-0.3, -0.25) is 0 Å². The molecule has 4 aromatic rings. The van der Waals surface area contributed by atoms with Crippen molar-refractivity contribution in [2.24, 2.45) is 0 Å². The van der Waals surface area contributed by atoms with E-state index in [0.29, 0.717) is 0 Å². The van der Waals surface area contributed by atoms with Crippen molar-refractivity contribution in [3.05, 3.63) is 69.7 Å². The molecule has 2 aromatic heterocycles. The van der Waals surface area contributed by atoms with Crippen molar-refractivity contribution in [1.29, 1.82) is 0 Å². The summed E-state index contributed by atoms with van der Waals surface area (Å²) >= 11 is 3.23. The summed E-state index contributed by atoms with van der Waals surface area (Å²) in [6.45, 7) is 6.34. The maximum atomic E-state index is 13.1. The maximum absolute atomic E-state index is 13.1. The molecule has 26 heavy (non-hydrogen) atoms. The summed E-state index contributed by atoms with van der Waals surface area (Å²) in [5, 5.41) is 3.82. The first-order valence-corrected chi connectivity index (χ1v) is 9.98. The fourth-order valence-electron chi connectivity index (χ4n) is 2.77. The zero-order chi connectivity index (χ0) is 18.3. The van der Waals surface area contributed by atoms with Gasteiger partial charge in [0.1, 0.15) is 5.82 Å². The fourth-order valence-corrected chi connectivity index (χ4v) is 4.57. The van der Waals surface area contributed by atoms with E-state index in [1.807, 2.05) is 5.38 Å². The predicted octanol–water partition coefficient (Wildman–Crippen LogP) is 6.66. The smallest absolute Gasteiger partial charge is 0.153 e. The first kappa shape index (κ1) is 17.1. The number of nitrogens with zero attached hydrogens (tertiary/aromatic N) is 2. The third-order valence-electron chi connectivity index (χ3n) is 4.40. The van der Waals surface area contributed by atoms with Crippen molar-refractivity contribution >= 4 is 22.7 Å². The molecule has 0 bridgehead atoms. The van der Waals surface area contributed by atoms with E-state index in [1.54, 1.807) is 34.8 Å². The minimum atomic E-state index is -0.238. The maximum Gasteiger partial charge on any atom is 0.153 e. The first-order chi connectivity index (χ1) is 12.5. The van der Waals surface area contributed by atoms with Crippen LogP contribution in [0.4, 0.5) is 4.39 Å². The van der Waals surface area contributed by atoms with Crippen molar-refractivity contribution in [1.82, 2.24) is 9.97 Å². The second-order valence-corrected chi connectivity index (χ2v) is 8.33. The summed E-state index contributed by atoms with van der Waals surface area (Å²) in [6.07, 6.45) is 0. The largest absolute Gasteiger partial charge is 0.233 e. The molecule has 0 aliphatic heterocycles. The van der Waals surface area contributed by atoms with E-state index in [9.17, 15) is 4.39 Å². The Balaban J connectivity index is 1.69. The SMILES string of the molecule is Cc1ccc(-c2nc(-c3nc(-c4ccc(F)cc4)cs3)sc2C)cc1C. The molecule has 130 valence electrons. The molecule has 0 saturated carbocycles. The summed E-state index contributed by atoms with van der Waals surface area (Å²) < 4.78 is 13.1. The lowest BCUT2D eigenvalue weighted by Gasteiger charge is -2.03. The number of rotatable bonds is 3. The van der Waals surface area contributed by atoms with E-state index in [0.717, 1.165) is 32.5 Å². The normalized spacial score (nSPS) is 11.1. The molecule has 2 nitrogen and oxygen atoms in total. The minimum Gasteiger partial charge on any atom is -0.233 e. The van der Waals surface area contributed by atoms with Crippen LogP contribution in [0.15, 0.2) is 47.8 Å². The Bertz CT molecular complexity index is 1080. The first-order valence-electron chi connectivity index (χ1n) is 8.28. The van der Waals surface area contributed by atoms with Crippen LogP contribution < -0.4 is 0 Å². The fraction of sp³-hybridized carbons (Fsp3) is 0.143. The summed E-state index contributed by atoms with van der Waals surface area (Å²) in [7, 11) is 0.